The van der Waals surface area contributed by atoms with Crippen LogP contribution in [0.4, 0.5) is 0 Å². The molecule has 4 rings (SSSR count). The van der Waals surface area contributed by atoms with Crippen molar-refractivity contribution in [3.8, 4) is 0 Å². The van der Waals surface area contributed by atoms with Crippen LogP contribution in [0.15, 0.2) is 68.5 Å². The summed E-state index contributed by atoms with van der Waals surface area (Å²) in [6.07, 6.45) is 3.03. The molecule has 0 N–H and O–H groups in total. The van der Waals surface area contributed by atoms with Gasteiger partial charge in [0.1, 0.15) is 0 Å². The van der Waals surface area contributed by atoms with Crippen LogP contribution in [0.25, 0.3) is 0 Å². The molecule has 2 saturated heterocycles. The predicted octanol–water partition coefficient (Wildman–Crippen LogP) is 1.18. The van der Waals surface area contributed by atoms with Crippen molar-refractivity contribution in [2.75, 3.05) is 52.6 Å². The van der Waals surface area contributed by atoms with Crippen LogP contribution in [0.1, 0.15) is 11.1 Å². The Balaban J connectivity index is 1.36. The highest BCUT2D eigenvalue weighted by Gasteiger charge is 2.27. The molecular formula is C22H26N4O6S2. The minimum absolute atomic E-state index is 0.224. The Morgan fingerprint density at radius 3 is 1.24 bits per heavy atom. The van der Waals surface area contributed by atoms with E-state index in [1.54, 1.807) is 48.5 Å². The Bertz CT molecular complexity index is 1130. The highest BCUT2D eigenvalue weighted by molar-refractivity contribution is 7.89. The zero-order chi connectivity index (χ0) is 24.0. The molecular weight excluding hydrogens is 480 g/mol. The molecule has 2 aromatic rings. The minimum atomic E-state index is -3.53. The molecule has 0 aliphatic carbocycles. The number of hydrogen-bond acceptors (Lipinski definition) is 8. The van der Waals surface area contributed by atoms with E-state index in [1.165, 1.54) is 21.0 Å². The van der Waals surface area contributed by atoms with Gasteiger partial charge in [-0.3, -0.25) is 0 Å². The summed E-state index contributed by atoms with van der Waals surface area (Å²) in [6, 6.07) is 12.8. The molecule has 2 aromatic carbocycles. The Morgan fingerprint density at radius 2 is 0.912 bits per heavy atom. The van der Waals surface area contributed by atoms with Crippen LogP contribution < -0.4 is 0 Å². The van der Waals surface area contributed by atoms with E-state index in [4.69, 9.17) is 9.47 Å². The number of benzene rings is 2. The molecule has 34 heavy (non-hydrogen) atoms. The Kier molecular flexibility index (Phi) is 7.86. The van der Waals surface area contributed by atoms with Crippen LogP contribution in [0.2, 0.25) is 0 Å². The zero-order valence-electron chi connectivity index (χ0n) is 18.5. The van der Waals surface area contributed by atoms with Crippen molar-refractivity contribution < 1.29 is 26.3 Å². The summed E-state index contributed by atoms with van der Waals surface area (Å²) in [5.74, 6) is 0. The molecule has 2 heterocycles. The normalized spacial score (nSPS) is 19.2. The number of sulfonamides is 2. The first kappa shape index (κ1) is 24.6. The molecule has 0 aromatic heterocycles. The third-order valence-corrected chi connectivity index (χ3v) is 9.28. The van der Waals surface area contributed by atoms with Crippen LogP contribution >= 0.6 is 0 Å². The SMILES string of the molecule is O=S(=O)(c1ccc(C=NN=Cc2ccc(S(=O)(=O)N3CCOCC3)cc2)cc1)N1CCOCC1. The summed E-state index contributed by atoms with van der Waals surface area (Å²) in [5, 5.41) is 7.98. The summed E-state index contributed by atoms with van der Waals surface area (Å²) in [4.78, 5) is 0.448. The molecule has 2 fully saturated rings. The smallest absolute Gasteiger partial charge is 0.243 e. The van der Waals surface area contributed by atoms with Gasteiger partial charge in [-0.1, -0.05) is 24.3 Å². The molecule has 0 atom stereocenters. The van der Waals surface area contributed by atoms with E-state index in [2.05, 4.69) is 10.2 Å². The molecule has 0 saturated carbocycles. The third-order valence-electron chi connectivity index (χ3n) is 5.46. The van der Waals surface area contributed by atoms with Crippen molar-refractivity contribution in [2.45, 2.75) is 9.79 Å². The first-order valence-electron chi connectivity index (χ1n) is 10.8. The Labute approximate surface area is 199 Å². The fraction of sp³-hybridized carbons (Fsp3) is 0.364. The van der Waals surface area contributed by atoms with Crippen LogP contribution in [0.3, 0.4) is 0 Å². The largest absolute Gasteiger partial charge is 0.379 e. The highest BCUT2D eigenvalue weighted by atomic mass is 32.2. The maximum atomic E-state index is 12.7. The van der Waals surface area contributed by atoms with Crippen molar-refractivity contribution >= 4 is 32.5 Å². The lowest BCUT2D eigenvalue weighted by molar-refractivity contribution is 0.0730. The van der Waals surface area contributed by atoms with E-state index in [9.17, 15) is 16.8 Å². The number of morpholine rings is 2. The third kappa shape index (κ3) is 5.77. The van der Waals surface area contributed by atoms with Crippen molar-refractivity contribution in [3.63, 3.8) is 0 Å². The van der Waals surface area contributed by atoms with E-state index in [0.29, 0.717) is 63.7 Å². The maximum Gasteiger partial charge on any atom is 0.243 e. The monoisotopic (exact) mass is 506 g/mol. The van der Waals surface area contributed by atoms with Gasteiger partial charge in [-0.25, -0.2) is 16.8 Å². The maximum absolute atomic E-state index is 12.7. The van der Waals surface area contributed by atoms with Gasteiger partial charge in [0.05, 0.1) is 48.6 Å². The van der Waals surface area contributed by atoms with Crippen molar-refractivity contribution in [1.82, 2.24) is 8.61 Å². The summed E-state index contributed by atoms with van der Waals surface area (Å²) in [7, 11) is -7.07. The first-order chi connectivity index (χ1) is 16.4. The molecule has 0 bridgehead atoms. The number of rotatable bonds is 7. The molecule has 0 radical (unpaired) electrons. The summed E-state index contributed by atoms with van der Waals surface area (Å²) in [6.45, 7) is 2.98. The van der Waals surface area contributed by atoms with Gasteiger partial charge in [-0.2, -0.15) is 18.8 Å². The lowest BCUT2D eigenvalue weighted by atomic mass is 10.2. The fourth-order valence-electron chi connectivity index (χ4n) is 3.52. The Hall–Kier alpha value is -2.48. The minimum Gasteiger partial charge on any atom is -0.379 e. The molecule has 0 amide bonds. The average molecular weight is 507 g/mol. The average Bonchev–Trinajstić information content (AvgIpc) is 2.88. The summed E-state index contributed by atoms with van der Waals surface area (Å²) < 4.78 is 63.9. The van der Waals surface area contributed by atoms with Crippen molar-refractivity contribution in [1.29, 1.82) is 0 Å². The molecule has 2 aliphatic rings. The Morgan fingerprint density at radius 1 is 0.588 bits per heavy atom. The first-order valence-corrected chi connectivity index (χ1v) is 13.7. The van der Waals surface area contributed by atoms with Gasteiger partial charge >= 0.3 is 0 Å². The van der Waals surface area contributed by atoms with Crippen molar-refractivity contribution in [2.24, 2.45) is 10.2 Å². The second-order valence-electron chi connectivity index (χ2n) is 7.66. The van der Waals surface area contributed by atoms with E-state index < -0.39 is 20.0 Å². The predicted molar refractivity (Wildman–Crippen MR) is 127 cm³/mol. The highest BCUT2D eigenvalue weighted by Crippen LogP contribution is 2.18. The summed E-state index contributed by atoms with van der Waals surface area (Å²) >= 11 is 0. The van der Waals surface area contributed by atoms with Gasteiger partial charge < -0.3 is 9.47 Å². The molecule has 10 nitrogen and oxygen atoms in total. The molecule has 12 heteroatoms. The van der Waals surface area contributed by atoms with Crippen LogP contribution in [-0.2, 0) is 29.5 Å². The molecule has 0 spiro atoms. The number of ether oxygens (including phenoxy) is 2. The van der Waals surface area contributed by atoms with E-state index >= 15 is 0 Å². The number of nitrogens with zero attached hydrogens (tertiary/aromatic N) is 4. The van der Waals surface area contributed by atoms with Crippen molar-refractivity contribution in [3.05, 3.63) is 59.7 Å². The van der Waals surface area contributed by atoms with E-state index in [-0.39, 0.29) is 9.79 Å². The van der Waals surface area contributed by atoms with Crippen LogP contribution in [0.5, 0.6) is 0 Å². The van der Waals surface area contributed by atoms with Crippen LogP contribution in [-0.4, -0.2) is 90.5 Å². The van der Waals surface area contributed by atoms with E-state index in [1.807, 2.05) is 0 Å². The van der Waals surface area contributed by atoms with E-state index in [0.717, 1.165) is 0 Å². The summed E-state index contributed by atoms with van der Waals surface area (Å²) in [5.41, 5.74) is 1.40. The molecule has 0 unspecified atom stereocenters. The second-order valence-corrected chi connectivity index (χ2v) is 11.5. The quantitative estimate of drug-likeness (QED) is 0.411. The van der Waals surface area contributed by atoms with Gasteiger partial charge in [-0.05, 0) is 35.4 Å². The molecule has 182 valence electrons. The van der Waals surface area contributed by atoms with Crippen LogP contribution in [0, 0.1) is 0 Å². The van der Waals surface area contributed by atoms with Gasteiger partial charge in [-0.15, -0.1) is 0 Å². The lowest BCUT2D eigenvalue weighted by Crippen LogP contribution is -2.40. The van der Waals surface area contributed by atoms with Gasteiger partial charge in [0, 0.05) is 26.2 Å². The topological polar surface area (TPSA) is 118 Å². The lowest BCUT2D eigenvalue weighted by Gasteiger charge is -2.26. The molecule has 2 aliphatic heterocycles. The van der Waals surface area contributed by atoms with Gasteiger partial charge in [0.15, 0.2) is 0 Å². The van der Waals surface area contributed by atoms with Gasteiger partial charge in [0.25, 0.3) is 0 Å². The zero-order valence-corrected chi connectivity index (χ0v) is 20.1. The number of hydrogen-bond donors (Lipinski definition) is 0. The second kappa shape index (κ2) is 10.8. The van der Waals surface area contributed by atoms with Gasteiger partial charge in [0.2, 0.25) is 20.0 Å². The standard InChI is InChI=1S/C22H26N4O6S2/c27-33(28,25-9-13-31-14-10-25)21-5-1-19(2-6-21)17-23-24-18-20-3-7-22(8-4-20)34(29,30)26-11-15-32-16-12-26/h1-8,17-18H,9-16H2. The fourth-order valence-corrected chi connectivity index (χ4v) is 6.34.